The minimum Gasteiger partial charge on any atom is -0.381 e. The second-order valence-electron chi connectivity index (χ2n) is 9.10. The molecule has 6 heteroatoms. The highest BCUT2D eigenvalue weighted by Crippen LogP contribution is 2.51. The third-order valence-corrected chi connectivity index (χ3v) is 11.8. The lowest BCUT2D eigenvalue weighted by Gasteiger charge is -2.44. The van der Waals surface area contributed by atoms with Crippen LogP contribution in [0.1, 0.15) is 56.9 Å². The fourth-order valence-corrected chi connectivity index (χ4v) is 6.38. The summed E-state index contributed by atoms with van der Waals surface area (Å²) >= 11 is 5.65. The van der Waals surface area contributed by atoms with E-state index in [1.54, 1.807) is 0 Å². The van der Waals surface area contributed by atoms with Crippen LogP contribution in [0.25, 0.3) is 0 Å². The molecule has 1 saturated carbocycles. The number of thiophene rings is 1. The monoisotopic (exact) mass is 468 g/mol. The van der Waals surface area contributed by atoms with Gasteiger partial charge in [0.05, 0.1) is 19.0 Å². The fraction of sp³-hybridized carbons (Fsp3) is 0.667. The minimum absolute atomic E-state index is 0.140. The Morgan fingerprint density at radius 3 is 2.63 bits per heavy atom. The van der Waals surface area contributed by atoms with E-state index in [-0.39, 0.29) is 11.5 Å². The summed E-state index contributed by atoms with van der Waals surface area (Å²) in [5.74, 6) is 0. The zero-order valence-corrected chi connectivity index (χ0v) is 20.6. The van der Waals surface area contributed by atoms with Crippen molar-refractivity contribution in [2.75, 3.05) is 13.2 Å². The molecule has 0 amide bonds. The van der Waals surface area contributed by atoms with Crippen LogP contribution in [0.2, 0.25) is 18.1 Å². The summed E-state index contributed by atoms with van der Waals surface area (Å²) in [6.07, 6.45) is 12.4. The van der Waals surface area contributed by atoms with E-state index in [2.05, 4.69) is 70.1 Å². The lowest BCUT2D eigenvalue weighted by molar-refractivity contribution is -0.0117. The van der Waals surface area contributed by atoms with E-state index in [1.807, 2.05) is 23.9 Å². The SMILES string of the molecule is C[SiH](C)C(C)(C)COCC1(C(c2sccc2Br)n2ccnc2)CCCCC1. The van der Waals surface area contributed by atoms with Crippen LogP contribution < -0.4 is 0 Å². The van der Waals surface area contributed by atoms with Crippen LogP contribution in [0.5, 0.6) is 0 Å². The van der Waals surface area contributed by atoms with Crippen LogP contribution in [0.4, 0.5) is 0 Å². The standard InChI is InChI=1S/C21H33BrN2OSSi/c1-20(2,27(3)4)14-25-15-21(9-6-5-7-10-21)19(24-12-11-23-16-24)18-17(22)8-13-26-18/h8,11-13,16,19,27H,5-7,9-10,14-15H2,1-4H3. The van der Waals surface area contributed by atoms with Gasteiger partial charge in [-0.05, 0) is 45.3 Å². The molecule has 0 saturated heterocycles. The smallest absolute Gasteiger partial charge is 0.0952 e. The van der Waals surface area contributed by atoms with Crippen molar-refractivity contribution in [1.82, 2.24) is 9.55 Å². The van der Waals surface area contributed by atoms with E-state index < -0.39 is 8.80 Å². The van der Waals surface area contributed by atoms with Crippen LogP contribution in [0.3, 0.4) is 0 Å². The van der Waals surface area contributed by atoms with E-state index in [1.165, 1.54) is 41.5 Å². The molecule has 27 heavy (non-hydrogen) atoms. The Labute approximate surface area is 178 Å². The topological polar surface area (TPSA) is 27.1 Å². The van der Waals surface area contributed by atoms with Crippen LogP contribution >= 0.6 is 27.3 Å². The number of ether oxygens (including phenoxy) is 1. The van der Waals surface area contributed by atoms with E-state index in [0.29, 0.717) is 5.04 Å². The van der Waals surface area contributed by atoms with Gasteiger partial charge in [0.2, 0.25) is 0 Å². The number of nitrogens with zero attached hydrogens (tertiary/aromatic N) is 2. The molecule has 0 N–H and O–H groups in total. The summed E-state index contributed by atoms with van der Waals surface area (Å²) < 4.78 is 10.0. The van der Waals surface area contributed by atoms with E-state index in [4.69, 9.17) is 4.74 Å². The van der Waals surface area contributed by atoms with E-state index in [0.717, 1.165) is 13.2 Å². The number of hydrogen-bond donors (Lipinski definition) is 0. The van der Waals surface area contributed by atoms with Crippen molar-refractivity contribution < 1.29 is 4.74 Å². The number of halogens is 1. The van der Waals surface area contributed by atoms with Gasteiger partial charge in [-0.15, -0.1) is 11.3 Å². The molecule has 150 valence electrons. The zero-order chi connectivity index (χ0) is 19.5. The quantitative estimate of drug-likeness (QED) is 0.411. The number of rotatable bonds is 8. The van der Waals surface area contributed by atoms with Crippen LogP contribution in [0, 0.1) is 5.41 Å². The summed E-state index contributed by atoms with van der Waals surface area (Å²) in [7, 11) is -0.753. The van der Waals surface area contributed by atoms with Crippen molar-refractivity contribution in [2.45, 2.75) is 70.1 Å². The van der Waals surface area contributed by atoms with Crippen molar-refractivity contribution in [1.29, 1.82) is 0 Å². The maximum atomic E-state index is 6.51. The first-order valence-corrected chi connectivity index (χ1v) is 14.7. The second kappa shape index (κ2) is 8.93. The van der Waals surface area contributed by atoms with Gasteiger partial charge >= 0.3 is 0 Å². The highest BCUT2D eigenvalue weighted by molar-refractivity contribution is 9.10. The van der Waals surface area contributed by atoms with E-state index in [9.17, 15) is 0 Å². The molecule has 0 radical (unpaired) electrons. The largest absolute Gasteiger partial charge is 0.381 e. The molecule has 0 spiro atoms. The molecule has 2 aromatic heterocycles. The molecule has 1 aliphatic carbocycles. The molecule has 0 aromatic carbocycles. The third kappa shape index (κ3) is 4.77. The van der Waals surface area contributed by atoms with Crippen LogP contribution in [-0.2, 0) is 4.74 Å². The summed E-state index contributed by atoms with van der Waals surface area (Å²) in [6, 6.07) is 2.46. The summed E-state index contributed by atoms with van der Waals surface area (Å²) in [5, 5.41) is 2.53. The Bertz CT molecular complexity index is 708. The molecule has 2 heterocycles. The van der Waals surface area contributed by atoms with E-state index >= 15 is 0 Å². The molecule has 0 aliphatic heterocycles. The Balaban J connectivity index is 1.90. The summed E-state index contributed by atoms with van der Waals surface area (Å²) in [6.45, 7) is 11.3. The highest BCUT2D eigenvalue weighted by atomic mass is 79.9. The molecule has 2 aromatic rings. The maximum absolute atomic E-state index is 6.51. The molecular formula is C21H33BrN2OSSi. The highest BCUT2D eigenvalue weighted by Gasteiger charge is 2.43. The molecule has 1 unspecified atom stereocenters. The summed E-state index contributed by atoms with van der Waals surface area (Å²) in [4.78, 5) is 5.77. The molecule has 3 rings (SSSR count). The maximum Gasteiger partial charge on any atom is 0.0952 e. The van der Waals surface area contributed by atoms with Gasteiger partial charge in [-0.3, -0.25) is 0 Å². The number of hydrogen-bond acceptors (Lipinski definition) is 3. The van der Waals surface area contributed by atoms with Gasteiger partial charge in [0, 0.05) is 42.6 Å². The fourth-order valence-electron chi connectivity index (χ4n) is 4.09. The first kappa shape index (κ1) is 21.3. The first-order chi connectivity index (χ1) is 12.9. The normalized spacial score (nSPS) is 18.7. The molecule has 1 atom stereocenters. The number of aromatic nitrogens is 2. The lowest BCUT2D eigenvalue weighted by Crippen LogP contribution is -2.40. The van der Waals surface area contributed by atoms with Crippen molar-refractivity contribution in [3.63, 3.8) is 0 Å². The van der Waals surface area contributed by atoms with Crippen molar-refractivity contribution >= 4 is 36.1 Å². The Kier molecular flexibility index (Phi) is 7.04. The third-order valence-electron chi connectivity index (χ3n) is 6.57. The van der Waals surface area contributed by atoms with Crippen molar-refractivity contribution in [3.8, 4) is 0 Å². The summed E-state index contributed by atoms with van der Waals surface area (Å²) in [5.41, 5.74) is 0.140. The van der Waals surface area contributed by atoms with Gasteiger partial charge in [-0.1, -0.05) is 46.2 Å². The van der Waals surface area contributed by atoms with Gasteiger partial charge in [-0.25, -0.2) is 4.98 Å². The predicted octanol–water partition coefficient (Wildman–Crippen LogP) is 6.53. The van der Waals surface area contributed by atoms with Gasteiger partial charge in [0.1, 0.15) is 0 Å². The van der Waals surface area contributed by atoms with Crippen molar-refractivity contribution in [3.05, 3.63) is 39.5 Å². The lowest BCUT2D eigenvalue weighted by atomic mass is 9.69. The predicted molar refractivity (Wildman–Crippen MR) is 122 cm³/mol. The van der Waals surface area contributed by atoms with Gasteiger partial charge in [0.25, 0.3) is 0 Å². The Morgan fingerprint density at radius 2 is 2.07 bits per heavy atom. The average molecular weight is 470 g/mol. The second-order valence-corrected chi connectivity index (χ2v) is 14.8. The van der Waals surface area contributed by atoms with Crippen LogP contribution in [0.15, 0.2) is 34.6 Å². The van der Waals surface area contributed by atoms with Gasteiger partial charge in [0.15, 0.2) is 0 Å². The van der Waals surface area contributed by atoms with Crippen LogP contribution in [-0.4, -0.2) is 31.6 Å². The molecule has 0 bridgehead atoms. The zero-order valence-electron chi connectivity index (χ0n) is 17.1. The van der Waals surface area contributed by atoms with Gasteiger partial charge < -0.3 is 9.30 Å². The molecule has 1 aliphatic rings. The van der Waals surface area contributed by atoms with Gasteiger partial charge in [-0.2, -0.15) is 0 Å². The first-order valence-electron chi connectivity index (χ1n) is 10.1. The van der Waals surface area contributed by atoms with Crippen molar-refractivity contribution in [2.24, 2.45) is 5.41 Å². The minimum atomic E-state index is -0.753. The molecular weight excluding hydrogens is 436 g/mol. The molecule has 1 fully saturated rings. The number of imidazole rings is 1. The molecule has 3 nitrogen and oxygen atoms in total. The Hall–Kier alpha value is -0.433. The average Bonchev–Trinajstić information content (AvgIpc) is 3.29. The Morgan fingerprint density at radius 1 is 1.33 bits per heavy atom.